The third-order valence-corrected chi connectivity index (χ3v) is 4.76. The number of carbonyl (C=O) groups excluding carboxylic acids is 1. The van der Waals surface area contributed by atoms with Crippen LogP contribution in [0, 0.1) is 5.92 Å². The quantitative estimate of drug-likeness (QED) is 0.891. The number of rotatable bonds is 6. The highest BCUT2D eigenvalue weighted by Gasteiger charge is 2.46. The van der Waals surface area contributed by atoms with Crippen molar-refractivity contribution in [2.75, 3.05) is 12.0 Å². The van der Waals surface area contributed by atoms with Gasteiger partial charge in [0.2, 0.25) is 5.91 Å². The van der Waals surface area contributed by atoms with E-state index in [0.717, 1.165) is 17.7 Å². The van der Waals surface area contributed by atoms with Gasteiger partial charge in [0.1, 0.15) is 5.76 Å². The smallest absolute Gasteiger partial charge is 0.224 e. The number of furan rings is 1. The summed E-state index contributed by atoms with van der Waals surface area (Å²) in [6.07, 6.45) is 4.11. The van der Waals surface area contributed by atoms with Crippen molar-refractivity contribution in [3.63, 3.8) is 0 Å². The van der Waals surface area contributed by atoms with Gasteiger partial charge in [0.05, 0.1) is 12.3 Å². The van der Waals surface area contributed by atoms with Crippen molar-refractivity contribution in [1.82, 2.24) is 5.32 Å². The maximum absolute atomic E-state index is 12.4. The third-order valence-electron chi connectivity index (χ3n) is 3.96. The highest BCUT2D eigenvalue weighted by molar-refractivity contribution is 7.84. The molecule has 5 heteroatoms. The van der Waals surface area contributed by atoms with Gasteiger partial charge in [-0.3, -0.25) is 9.00 Å². The Morgan fingerprint density at radius 3 is 2.73 bits per heavy atom. The van der Waals surface area contributed by atoms with E-state index in [-0.39, 0.29) is 23.8 Å². The fraction of sp³-hybridized carbons (Fsp3) is 0.353. The van der Waals surface area contributed by atoms with Crippen molar-refractivity contribution < 1.29 is 13.4 Å². The summed E-state index contributed by atoms with van der Waals surface area (Å²) < 4.78 is 17.0. The third kappa shape index (κ3) is 3.47. The van der Waals surface area contributed by atoms with Crippen LogP contribution >= 0.6 is 0 Å². The second kappa shape index (κ2) is 6.48. The normalized spacial score (nSPS) is 22.8. The van der Waals surface area contributed by atoms with Crippen molar-refractivity contribution in [2.24, 2.45) is 5.92 Å². The monoisotopic (exact) mass is 317 g/mol. The molecule has 116 valence electrons. The van der Waals surface area contributed by atoms with Gasteiger partial charge in [0.25, 0.3) is 0 Å². The van der Waals surface area contributed by atoms with E-state index in [1.165, 1.54) is 0 Å². The first-order valence-corrected chi connectivity index (χ1v) is 9.06. The minimum atomic E-state index is -0.977. The molecule has 0 radical (unpaired) electrons. The van der Waals surface area contributed by atoms with Gasteiger partial charge in [-0.1, -0.05) is 30.3 Å². The molecule has 3 rings (SSSR count). The van der Waals surface area contributed by atoms with Gasteiger partial charge in [0, 0.05) is 34.6 Å². The molecule has 1 aliphatic rings. The van der Waals surface area contributed by atoms with Gasteiger partial charge in [-0.15, -0.1) is 0 Å². The topological polar surface area (TPSA) is 59.3 Å². The van der Waals surface area contributed by atoms with E-state index in [4.69, 9.17) is 4.42 Å². The zero-order valence-corrected chi connectivity index (χ0v) is 13.2. The Morgan fingerprint density at radius 2 is 2.09 bits per heavy atom. The van der Waals surface area contributed by atoms with Crippen molar-refractivity contribution in [3.05, 3.63) is 60.1 Å². The van der Waals surface area contributed by atoms with E-state index in [2.05, 4.69) is 5.32 Å². The van der Waals surface area contributed by atoms with Gasteiger partial charge in [-0.25, -0.2) is 0 Å². The lowest BCUT2D eigenvalue weighted by atomic mass is 10.1. The lowest BCUT2D eigenvalue weighted by molar-refractivity contribution is -0.123. The summed E-state index contributed by atoms with van der Waals surface area (Å²) in [5, 5.41) is 3.04. The van der Waals surface area contributed by atoms with Crippen LogP contribution in [-0.2, 0) is 15.6 Å². The van der Waals surface area contributed by atoms with Crippen LogP contribution in [-0.4, -0.2) is 22.1 Å². The van der Waals surface area contributed by atoms with Gasteiger partial charge in [0.15, 0.2) is 0 Å². The van der Waals surface area contributed by atoms with Crippen LogP contribution < -0.4 is 5.32 Å². The zero-order valence-electron chi connectivity index (χ0n) is 12.4. The van der Waals surface area contributed by atoms with Crippen molar-refractivity contribution in [3.8, 4) is 0 Å². The molecule has 1 fully saturated rings. The molecule has 0 unspecified atom stereocenters. The highest BCUT2D eigenvalue weighted by atomic mass is 32.2. The Morgan fingerprint density at radius 1 is 1.32 bits per heavy atom. The number of carbonyl (C=O) groups is 1. The molecule has 0 aliphatic heterocycles. The summed E-state index contributed by atoms with van der Waals surface area (Å²) in [4.78, 5) is 12.4. The van der Waals surface area contributed by atoms with Crippen molar-refractivity contribution in [2.45, 2.75) is 18.4 Å². The predicted octanol–water partition coefficient (Wildman–Crippen LogP) is 2.62. The van der Waals surface area contributed by atoms with E-state index in [9.17, 15) is 9.00 Å². The van der Waals surface area contributed by atoms with Gasteiger partial charge < -0.3 is 9.73 Å². The minimum absolute atomic E-state index is 0.0145. The van der Waals surface area contributed by atoms with E-state index in [1.54, 1.807) is 12.5 Å². The average Bonchev–Trinajstić information content (AvgIpc) is 3.13. The van der Waals surface area contributed by atoms with Crippen LogP contribution in [0.4, 0.5) is 0 Å². The van der Waals surface area contributed by atoms with Gasteiger partial charge in [-0.05, 0) is 24.1 Å². The maximum Gasteiger partial charge on any atom is 0.224 e. The van der Waals surface area contributed by atoms with Crippen LogP contribution in [0.25, 0.3) is 0 Å². The summed E-state index contributed by atoms with van der Waals surface area (Å²) in [6, 6.07) is 13.2. The summed E-state index contributed by atoms with van der Waals surface area (Å²) >= 11 is 0. The molecule has 0 saturated heterocycles. The van der Waals surface area contributed by atoms with Crippen molar-refractivity contribution >= 4 is 16.7 Å². The van der Waals surface area contributed by atoms with E-state index in [0.29, 0.717) is 5.75 Å². The molecule has 0 spiro atoms. The second-order valence-corrected chi connectivity index (χ2v) is 7.16. The number of benzene rings is 1. The minimum Gasteiger partial charge on any atom is -0.469 e. The molecule has 22 heavy (non-hydrogen) atoms. The summed E-state index contributed by atoms with van der Waals surface area (Å²) in [5.74, 6) is 1.45. The Balaban J connectivity index is 1.66. The second-order valence-electron chi connectivity index (χ2n) is 5.68. The van der Waals surface area contributed by atoms with E-state index >= 15 is 0 Å². The predicted molar refractivity (Wildman–Crippen MR) is 85.8 cm³/mol. The molecular weight excluding hydrogens is 298 g/mol. The standard InChI is InChI=1S/C17H19NO3S/c1-22(20)11-15(12-6-3-2-4-7-12)18-17(19)14-10-13(14)16-8-5-9-21-16/h2-9,13-15H,10-11H2,1H3,(H,18,19)/t13-,14-,15-,22-/m0/s1. The fourth-order valence-corrected chi connectivity index (χ4v) is 3.47. The van der Waals surface area contributed by atoms with E-state index in [1.807, 2.05) is 42.5 Å². The Labute approximate surface area is 132 Å². The van der Waals surface area contributed by atoms with Crippen LogP contribution in [0.2, 0.25) is 0 Å². The molecule has 1 heterocycles. The van der Waals surface area contributed by atoms with Crippen LogP contribution in [0.5, 0.6) is 0 Å². The first-order valence-electron chi connectivity index (χ1n) is 7.34. The van der Waals surface area contributed by atoms with E-state index < -0.39 is 10.8 Å². The maximum atomic E-state index is 12.4. The Bertz CT molecular complexity index is 654. The number of hydrogen-bond acceptors (Lipinski definition) is 3. The van der Waals surface area contributed by atoms with Crippen LogP contribution in [0.15, 0.2) is 53.1 Å². The van der Waals surface area contributed by atoms with Crippen LogP contribution in [0.1, 0.15) is 29.7 Å². The fourth-order valence-electron chi connectivity index (χ4n) is 2.72. The molecule has 4 nitrogen and oxygen atoms in total. The molecule has 2 aromatic rings. The van der Waals surface area contributed by atoms with Crippen molar-refractivity contribution in [1.29, 1.82) is 0 Å². The molecule has 1 amide bonds. The Hall–Kier alpha value is -1.88. The van der Waals surface area contributed by atoms with Gasteiger partial charge in [-0.2, -0.15) is 0 Å². The summed E-state index contributed by atoms with van der Waals surface area (Å²) in [6.45, 7) is 0. The largest absolute Gasteiger partial charge is 0.469 e. The van der Waals surface area contributed by atoms with Gasteiger partial charge >= 0.3 is 0 Å². The molecule has 1 aliphatic carbocycles. The average molecular weight is 317 g/mol. The highest BCUT2D eigenvalue weighted by Crippen LogP contribution is 2.47. The number of amides is 1. The first-order chi connectivity index (χ1) is 10.6. The molecule has 4 atom stereocenters. The molecule has 1 aromatic carbocycles. The van der Waals surface area contributed by atoms with Crippen LogP contribution in [0.3, 0.4) is 0 Å². The molecule has 1 aromatic heterocycles. The molecule has 1 saturated carbocycles. The molecule has 0 bridgehead atoms. The SMILES string of the molecule is C[S@](=O)C[C@H](NC(=O)[C@H]1C[C@@H]1c1ccco1)c1ccccc1. The molecular formula is C17H19NO3S. The lowest BCUT2D eigenvalue weighted by Gasteiger charge is -2.18. The molecule has 1 N–H and O–H groups in total. The number of hydrogen-bond donors (Lipinski definition) is 1. The summed E-state index contributed by atoms with van der Waals surface area (Å²) in [5.41, 5.74) is 0.987. The lowest BCUT2D eigenvalue weighted by Crippen LogP contribution is -2.33. The summed E-state index contributed by atoms with van der Waals surface area (Å²) in [7, 11) is -0.977. The number of nitrogens with one attached hydrogen (secondary N) is 1. The zero-order chi connectivity index (χ0) is 15.5. The Kier molecular flexibility index (Phi) is 4.43. The first kappa shape index (κ1) is 15.0.